The van der Waals surface area contributed by atoms with Crippen molar-refractivity contribution in [3.05, 3.63) is 16.7 Å². The molecule has 1 saturated carbocycles. The Bertz CT molecular complexity index is 547. The fourth-order valence-corrected chi connectivity index (χ4v) is 3.09. The standard InChI is InChI=1S/C11H12ClN3OS/c12-10-13-8(7-2-5-17-9(7)14-10)15-11(6-16)3-1-4-11/h2,5,16H,1,3-4,6H2,(H,13,14,15). The highest BCUT2D eigenvalue weighted by molar-refractivity contribution is 7.16. The van der Waals surface area contributed by atoms with Crippen molar-refractivity contribution in [1.29, 1.82) is 0 Å². The van der Waals surface area contributed by atoms with E-state index in [0.29, 0.717) is 0 Å². The van der Waals surface area contributed by atoms with Gasteiger partial charge in [0.15, 0.2) is 0 Å². The quantitative estimate of drug-likeness (QED) is 0.841. The molecule has 0 atom stereocenters. The lowest BCUT2D eigenvalue weighted by Crippen LogP contribution is -2.48. The van der Waals surface area contributed by atoms with Crippen LogP contribution in [0.4, 0.5) is 5.82 Å². The maximum Gasteiger partial charge on any atom is 0.225 e. The molecule has 1 aliphatic rings. The first kappa shape index (κ1) is 11.2. The summed E-state index contributed by atoms with van der Waals surface area (Å²) < 4.78 is 0. The molecule has 0 unspecified atom stereocenters. The Morgan fingerprint density at radius 1 is 1.47 bits per heavy atom. The molecule has 2 aromatic rings. The van der Waals surface area contributed by atoms with Gasteiger partial charge in [0, 0.05) is 0 Å². The summed E-state index contributed by atoms with van der Waals surface area (Å²) in [5.74, 6) is 0.731. The zero-order chi connectivity index (χ0) is 11.9. The van der Waals surface area contributed by atoms with Gasteiger partial charge in [0.2, 0.25) is 5.28 Å². The van der Waals surface area contributed by atoms with Gasteiger partial charge in [0.25, 0.3) is 0 Å². The molecular weight excluding hydrogens is 258 g/mol. The number of hydrogen-bond acceptors (Lipinski definition) is 5. The molecule has 3 rings (SSSR count). The van der Waals surface area contributed by atoms with Crippen LogP contribution >= 0.6 is 22.9 Å². The predicted molar refractivity (Wildman–Crippen MR) is 69.7 cm³/mol. The number of rotatable bonds is 3. The van der Waals surface area contributed by atoms with Gasteiger partial charge < -0.3 is 10.4 Å². The molecule has 90 valence electrons. The van der Waals surface area contributed by atoms with E-state index in [4.69, 9.17) is 11.6 Å². The largest absolute Gasteiger partial charge is 0.394 e. The second-order valence-corrected chi connectivity index (χ2v) is 5.63. The Hall–Kier alpha value is -0.910. The summed E-state index contributed by atoms with van der Waals surface area (Å²) in [6.07, 6.45) is 3.08. The van der Waals surface area contributed by atoms with Crippen LogP contribution in [-0.2, 0) is 0 Å². The molecule has 2 heterocycles. The third-order valence-electron chi connectivity index (χ3n) is 3.29. The number of aliphatic hydroxyl groups excluding tert-OH is 1. The van der Waals surface area contributed by atoms with E-state index in [0.717, 1.165) is 35.3 Å². The minimum atomic E-state index is -0.216. The van der Waals surface area contributed by atoms with Crippen LogP contribution in [0.25, 0.3) is 10.2 Å². The molecule has 0 amide bonds. The molecule has 0 radical (unpaired) electrons. The monoisotopic (exact) mass is 269 g/mol. The highest BCUT2D eigenvalue weighted by Crippen LogP contribution is 2.37. The zero-order valence-electron chi connectivity index (χ0n) is 9.11. The molecule has 0 aromatic carbocycles. The SMILES string of the molecule is OCC1(Nc2nc(Cl)nc3sccc23)CCC1. The molecule has 0 saturated heterocycles. The Kier molecular flexibility index (Phi) is 2.69. The van der Waals surface area contributed by atoms with Crippen LogP contribution in [0.3, 0.4) is 0 Å². The van der Waals surface area contributed by atoms with Crippen LogP contribution < -0.4 is 5.32 Å². The average Bonchev–Trinajstić information content (AvgIpc) is 2.71. The van der Waals surface area contributed by atoms with Crippen molar-refractivity contribution in [3.8, 4) is 0 Å². The summed E-state index contributed by atoms with van der Waals surface area (Å²) in [5, 5.41) is 16.0. The molecule has 1 aliphatic carbocycles. The molecule has 17 heavy (non-hydrogen) atoms. The summed E-state index contributed by atoms with van der Waals surface area (Å²) in [6, 6.07) is 1.97. The minimum Gasteiger partial charge on any atom is -0.394 e. The van der Waals surface area contributed by atoms with Crippen molar-refractivity contribution < 1.29 is 5.11 Å². The summed E-state index contributed by atoms with van der Waals surface area (Å²) >= 11 is 7.43. The number of aliphatic hydroxyl groups is 1. The van der Waals surface area contributed by atoms with Gasteiger partial charge in [0.05, 0.1) is 17.5 Å². The molecule has 2 N–H and O–H groups in total. The first-order valence-electron chi connectivity index (χ1n) is 5.52. The lowest BCUT2D eigenvalue weighted by atomic mass is 9.77. The Balaban J connectivity index is 2.01. The van der Waals surface area contributed by atoms with Gasteiger partial charge in [-0.3, -0.25) is 0 Å². The minimum absolute atomic E-state index is 0.125. The van der Waals surface area contributed by atoms with Gasteiger partial charge in [-0.1, -0.05) is 0 Å². The van der Waals surface area contributed by atoms with Gasteiger partial charge in [-0.2, -0.15) is 0 Å². The van der Waals surface area contributed by atoms with E-state index in [1.807, 2.05) is 11.4 Å². The fraction of sp³-hybridized carbons (Fsp3) is 0.455. The number of fused-ring (bicyclic) bond motifs is 1. The van der Waals surface area contributed by atoms with E-state index in [2.05, 4.69) is 15.3 Å². The molecule has 0 spiro atoms. The fourth-order valence-electron chi connectivity index (χ4n) is 2.10. The third kappa shape index (κ3) is 1.88. The molecule has 0 aliphatic heterocycles. The summed E-state index contributed by atoms with van der Waals surface area (Å²) in [4.78, 5) is 9.27. The zero-order valence-corrected chi connectivity index (χ0v) is 10.7. The Morgan fingerprint density at radius 3 is 2.94 bits per heavy atom. The van der Waals surface area contributed by atoms with Crippen LogP contribution in [0.5, 0.6) is 0 Å². The number of thiophene rings is 1. The van der Waals surface area contributed by atoms with Crippen molar-refractivity contribution in [1.82, 2.24) is 9.97 Å². The van der Waals surface area contributed by atoms with Crippen LogP contribution in [0.2, 0.25) is 5.28 Å². The average molecular weight is 270 g/mol. The molecule has 6 heteroatoms. The van der Waals surface area contributed by atoms with Gasteiger partial charge in [-0.15, -0.1) is 11.3 Å². The highest BCUT2D eigenvalue weighted by atomic mass is 35.5. The van der Waals surface area contributed by atoms with Gasteiger partial charge in [0.1, 0.15) is 10.6 Å². The van der Waals surface area contributed by atoms with E-state index in [1.165, 1.54) is 11.3 Å². The van der Waals surface area contributed by atoms with E-state index in [9.17, 15) is 5.11 Å². The molecule has 4 nitrogen and oxygen atoms in total. The molecule has 2 aromatic heterocycles. The maximum atomic E-state index is 9.45. The Labute approximate surface area is 108 Å². The van der Waals surface area contributed by atoms with Crippen molar-refractivity contribution in [3.63, 3.8) is 0 Å². The molecule has 0 bridgehead atoms. The van der Waals surface area contributed by atoms with Crippen molar-refractivity contribution >= 4 is 39.0 Å². The van der Waals surface area contributed by atoms with Crippen molar-refractivity contribution in [2.75, 3.05) is 11.9 Å². The summed E-state index contributed by atoms with van der Waals surface area (Å²) in [5.41, 5.74) is -0.216. The highest BCUT2D eigenvalue weighted by Gasteiger charge is 2.37. The Morgan fingerprint density at radius 2 is 2.29 bits per heavy atom. The number of hydrogen-bond donors (Lipinski definition) is 2. The lowest BCUT2D eigenvalue weighted by molar-refractivity contribution is 0.144. The number of halogens is 1. The van der Waals surface area contributed by atoms with Crippen molar-refractivity contribution in [2.24, 2.45) is 0 Å². The first-order valence-corrected chi connectivity index (χ1v) is 6.78. The van der Waals surface area contributed by atoms with Crippen LogP contribution in [-0.4, -0.2) is 27.2 Å². The number of anilines is 1. The number of nitrogens with zero attached hydrogens (tertiary/aromatic N) is 2. The van der Waals surface area contributed by atoms with Crippen LogP contribution in [0.15, 0.2) is 11.4 Å². The van der Waals surface area contributed by atoms with E-state index in [-0.39, 0.29) is 17.4 Å². The van der Waals surface area contributed by atoms with Gasteiger partial charge in [-0.05, 0) is 42.3 Å². The third-order valence-corrected chi connectivity index (χ3v) is 4.27. The van der Waals surface area contributed by atoms with Crippen molar-refractivity contribution in [2.45, 2.75) is 24.8 Å². The van der Waals surface area contributed by atoms with Gasteiger partial charge in [-0.25, -0.2) is 9.97 Å². The number of aromatic nitrogens is 2. The molecular formula is C11H12ClN3OS. The van der Waals surface area contributed by atoms with E-state index < -0.39 is 0 Å². The number of nitrogens with one attached hydrogen (secondary N) is 1. The van der Waals surface area contributed by atoms with Gasteiger partial charge >= 0.3 is 0 Å². The summed E-state index contributed by atoms with van der Waals surface area (Å²) in [6.45, 7) is 0.125. The van der Waals surface area contributed by atoms with E-state index in [1.54, 1.807) is 0 Å². The first-order chi connectivity index (χ1) is 8.22. The normalized spacial score (nSPS) is 18.0. The van der Waals surface area contributed by atoms with Crippen LogP contribution in [0.1, 0.15) is 19.3 Å². The summed E-state index contributed by atoms with van der Waals surface area (Å²) in [7, 11) is 0. The topological polar surface area (TPSA) is 58.0 Å². The smallest absolute Gasteiger partial charge is 0.225 e. The van der Waals surface area contributed by atoms with Crippen LogP contribution in [0, 0.1) is 0 Å². The second kappa shape index (κ2) is 4.08. The molecule has 1 fully saturated rings. The maximum absolute atomic E-state index is 9.45. The predicted octanol–water partition coefficient (Wildman–Crippen LogP) is 2.67. The second-order valence-electron chi connectivity index (χ2n) is 4.40. The lowest BCUT2D eigenvalue weighted by Gasteiger charge is -2.41. The van der Waals surface area contributed by atoms with E-state index >= 15 is 0 Å².